The third-order valence-corrected chi connectivity index (χ3v) is 3.69. The van der Waals surface area contributed by atoms with Crippen LogP contribution in [0.25, 0.3) is 0 Å². The molecule has 1 aliphatic heterocycles. The first-order valence-corrected chi connectivity index (χ1v) is 6.07. The molecule has 1 aromatic rings. The monoisotopic (exact) mass is 242 g/mol. The molecule has 0 bridgehead atoms. The van der Waals surface area contributed by atoms with Gasteiger partial charge in [0.2, 0.25) is 11.8 Å². The van der Waals surface area contributed by atoms with E-state index in [2.05, 4.69) is 0 Å². The number of nitrogen functional groups attached to an aromatic ring is 1. The van der Waals surface area contributed by atoms with Crippen LogP contribution in [0.3, 0.4) is 0 Å². The van der Waals surface area contributed by atoms with Gasteiger partial charge in [-0.1, -0.05) is 24.3 Å². The second kappa shape index (κ2) is 3.98. The summed E-state index contributed by atoms with van der Waals surface area (Å²) in [7, 11) is 0. The molecule has 4 heteroatoms. The molecule has 0 unspecified atom stereocenters. The number of benzene rings is 1. The molecular weight excluding hydrogens is 228 g/mol. The van der Waals surface area contributed by atoms with Crippen LogP contribution in [0.2, 0.25) is 0 Å². The summed E-state index contributed by atoms with van der Waals surface area (Å²) in [6, 6.07) is 7.00. The maximum Gasteiger partial charge on any atom is 0.238 e. The molecule has 0 radical (unpaired) electrons. The van der Waals surface area contributed by atoms with Crippen LogP contribution in [-0.2, 0) is 9.59 Å². The average molecular weight is 242 g/mol. The van der Waals surface area contributed by atoms with E-state index in [9.17, 15) is 9.59 Å². The number of anilines is 2. The Morgan fingerprint density at radius 1 is 1.00 bits per heavy atom. The smallest absolute Gasteiger partial charge is 0.238 e. The predicted octanol–water partition coefficient (Wildman–Crippen LogP) is 1.72. The Kier molecular flexibility index (Phi) is 2.44. The maximum atomic E-state index is 12.3. The fraction of sp³-hybridized carbons (Fsp3) is 0.286. The fourth-order valence-electron chi connectivity index (χ4n) is 2.73. The Morgan fingerprint density at radius 2 is 1.56 bits per heavy atom. The van der Waals surface area contributed by atoms with Crippen LogP contribution in [0, 0.1) is 11.8 Å². The Morgan fingerprint density at radius 3 is 2.11 bits per heavy atom. The average Bonchev–Trinajstić information content (AvgIpc) is 2.64. The van der Waals surface area contributed by atoms with E-state index in [0.717, 1.165) is 0 Å². The SMILES string of the molecule is Nc1ccccc1N1C(=O)[C@H]2CC=CC[C@H]2C1=O. The van der Waals surface area contributed by atoms with Crippen LogP contribution < -0.4 is 10.6 Å². The van der Waals surface area contributed by atoms with Crippen molar-refractivity contribution in [3.63, 3.8) is 0 Å². The minimum atomic E-state index is -0.206. The first kappa shape index (κ1) is 11.0. The molecule has 1 saturated heterocycles. The molecule has 4 nitrogen and oxygen atoms in total. The molecule has 1 heterocycles. The van der Waals surface area contributed by atoms with Gasteiger partial charge in [0.15, 0.2) is 0 Å². The molecule has 1 aromatic carbocycles. The maximum absolute atomic E-state index is 12.3. The third-order valence-electron chi connectivity index (χ3n) is 3.69. The highest BCUT2D eigenvalue weighted by atomic mass is 16.2. The molecule has 18 heavy (non-hydrogen) atoms. The summed E-state index contributed by atoms with van der Waals surface area (Å²) in [5.41, 5.74) is 6.83. The van der Waals surface area contributed by atoms with Gasteiger partial charge in [0, 0.05) is 0 Å². The lowest BCUT2D eigenvalue weighted by molar-refractivity contribution is -0.122. The van der Waals surface area contributed by atoms with Crippen molar-refractivity contribution in [1.29, 1.82) is 0 Å². The topological polar surface area (TPSA) is 63.4 Å². The molecule has 2 aliphatic rings. The Bertz CT molecular complexity index is 524. The third kappa shape index (κ3) is 1.45. The van der Waals surface area contributed by atoms with E-state index in [1.807, 2.05) is 12.2 Å². The van der Waals surface area contributed by atoms with Gasteiger partial charge in [0.25, 0.3) is 0 Å². The molecule has 0 saturated carbocycles. The first-order valence-electron chi connectivity index (χ1n) is 6.07. The number of amides is 2. The van der Waals surface area contributed by atoms with Crippen LogP contribution in [0.15, 0.2) is 36.4 Å². The number of fused-ring (bicyclic) bond motifs is 1. The molecular formula is C14H14N2O2. The van der Waals surface area contributed by atoms with E-state index in [-0.39, 0.29) is 23.7 Å². The number of hydrogen-bond donors (Lipinski definition) is 1. The Balaban J connectivity index is 2.02. The van der Waals surface area contributed by atoms with E-state index < -0.39 is 0 Å². The van der Waals surface area contributed by atoms with Crippen molar-refractivity contribution in [2.45, 2.75) is 12.8 Å². The minimum Gasteiger partial charge on any atom is -0.397 e. The van der Waals surface area contributed by atoms with Gasteiger partial charge in [-0.2, -0.15) is 0 Å². The van der Waals surface area contributed by atoms with E-state index in [4.69, 9.17) is 5.73 Å². The lowest BCUT2D eigenvalue weighted by Crippen LogP contribution is -2.31. The van der Waals surface area contributed by atoms with E-state index >= 15 is 0 Å². The highest BCUT2D eigenvalue weighted by molar-refractivity contribution is 6.23. The number of allylic oxidation sites excluding steroid dienone is 2. The summed E-state index contributed by atoms with van der Waals surface area (Å²) in [6.07, 6.45) is 5.26. The minimum absolute atomic E-state index is 0.118. The molecule has 1 fully saturated rings. The van der Waals surface area contributed by atoms with Gasteiger partial charge >= 0.3 is 0 Å². The van der Waals surface area contributed by atoms with Crippen molar-refractivity contribution in [1.82, 2.24) is 0 Å². The number of carbonyl (C=O) groups excluding carboxylic acids is 2. The van der Waals surface area contributed by atoms with Gasteiger partial charge in [0.1, 0.15) is 0 Å². The number of nitrogens with zero attached hydrogens (tertiary/aromatic N) is 1. The summed E-state index contributed by atoms with van der Waals surface area (Å²) in [6.45, 7) is 0. The van der Waals surface area contributed by atoms with Crippen molar-refractivity contribution in [2.75, 3.05) is 10.6 Å². The number of para-hydroxylation sites is 2. The number of hydrogen-bond acceptors (Lipinski definition) is 3. The van der Waals surface area contributed by atoms with E-state index in [0.29, 0.717) is 24.2 Å². The van der Waals surface area contributed by atoms with Crippen LogP contribution in [0.4, 0.5) is 11.4 Å². The lowest BCUT2D eigenvalue weighted by atomic mass is 9.85. The largest absolute Gasteiger partial charge is 0.397 e. The molecule has 1 aliphatic carbocycles. The zero-order valence-electron chi connectivity index (χ0n) is 9.87. The van der Waals surface area contributed by atoms with Gasteiger partial charge < -0.3 is 5.73 Å². The van der Waals surface area contributed by atoms with Gasteiger partial charge in [-0.15, -0.1) is 0 Å². The first-order chi connectivity index (χ1) is 8.70. The second-order valence-electron chi connectivity index (χ2n) is 4.73. The van der Waals surface area contributed by atoms with Crippen LogP contribution in [0.1, 0.15) is 12.8 Å². The summed E-state index contributed by atoms with van der Waals surface area (Å²) < 4.78 is 0. The lowest BCUT2D eigenvalue weighted by Gasteiger charge is -2.16. The van der Waals surface area contributed by atoms with Crippen LogP contribution in [0.5, 0.6) is 0 Å². The van der Waals surface area contributed by atoms with Crippen molar-refractivity contribution in [3.8, 4) is 0 Å². The fourth-order valence-corrected chi connectivity index (χ4v) is 2.73. The summed E-state index contributed by atoms with van der Waals surface area (Å²) in [5.74, 6) is -0.649. The zero-order chi connectivity index (χ0) is 12.7. The number of rotatable bonds is 1. The van der Waals surface area contributed by atoms with Gasteiger partial charge in [-0.3, -0.25) is 9.59 Å². The number of carbonyl (C=O) groups is 2. The molecule has 2 N–H and O–H groups in total. The van der Waals surface area contributed by atoms with Crippen molar-refractivity contribution in [2.24, 2.45) is 11.8 Å². The highest BCUT2D eigenvalue weighted by Gasteiger charge is 2.48. The second-order valence-corrected chi connectivity index (χ2v) is 4.73. The highest BCUT2D eigenvalue weighted by Crippen LogP contribution is 2.39. The van der Waals surface area contributed by atoms with Crippen molar-refractivity contribution < 1.29 is 9.59 Å². The van der Waals surface area contributed by atoms with E-state index in [1.165, 1.54) is 4.90 Å². The van der Waals surface area contributed by atoms with Crippen LogP contribution >= 0.6 is 0 Å². The van der Waals surface area contributed by atoms with Crippen molar-refractivity contribution in [3.05, 3.63) is 36.4 Å². The molecule has 0 aromatic heterocycles. The standard InChI is InChI=1S/C14H14N2O2/c15-11-7-3-4-8-12(11)16-13(17)9-5-1-2-6-10(9)14(16)18/h1-4,7-10H,5-6,15H2/t9-,10+. The summed E-state index contributed by atoms with van der Waals surface area (Å²) in [4.78, 5) is 25.9. The molecule has 0 spiro atoms. The number of imide groups is 1. The van der Waals surface area contributed by atoms with Crippen LogP contribution in [-0.4, -0.2) is 11.8 Å². The zero-order valence-corrected chi connectivity index (χ0v) is 9.87. The molecule has 92 valence electrons. The van der Waals surface area contributed by atoms with E-state index in [1.54, 1.807) is 24.3 Å². The van der Waals surface area contributed by atoms with Crippen molar-refractivity contribution >= 4 is 23.2 Å². The van der Waals surface area contributed by atoms with Gasteiger partial charge in [-0.25, -0.2) is 4.90 Å². The van der Waals surface area contributed by atoms with Gasteiger partial charge in [-0.05, 0) is 25.0 Å². The molecule has 2 atom stereocenters. The summed E-state index contributed by atoms with van der Waals surface area (Å²) in [5, 5.41) is 0. The number of nitrogens with two attached hydrogens (primary N) is 1. The normalized spacial score (nSPS) is 26.6. The molecule has 2 amide bonds. The Labute approximate surface area is 105 Å². The predicted molar refractivity (Wildman–Crippen MR) is 68.7 cm³/mol. The quantitative estimate of drug-likeness (QED) is 0.463. The molecule has 3 rings (SSSR count). The summed E-state index contributed by atoms with van der Waals surface area (Å²) >= 11 is 0. The Hall–Kier alpha value is -2.10. The van der Waals surface area contributed by atoms with Gasteiger partial charge in [0.05, 0.1) is 23.2 Å².